The number of carbonyl (C=O) groups is 4. The molecule has 174 valence electrons. The zero-order chi connectivity index (χ0) is 24.4. The Morgan fingerprint density at radius 2 is 1.85 bits per heavy atom. The van der Waals surface area contributed by atoms with E-state index in [2.05, 4.69) is 15.6 Å². The normalized spacial score (nSPS) is 14.6. The maximum Gasteiger partial charge on any atom is 0.295 e. The van der Waals surface area contributed by atoms with E-state index in [0.29, 0.717) is 28.3 Å². The second kappa shape index (κ2) is 9.49. The molecule has 11 nitrogen and oxygen atoms in total. The molecule has 3 heterocycles. The number of para-hydroxylation sites is 1. The predicted octanol–water partition coefficient (Wildman–Crippen LogP) is 2.10. The fourth-order valence-corrected chi connectivity index (χ4v) is 4.56. The maximum atomic E-state index is 12.9. The van der Waals surface area contributed by atoms with Gasteiger partial charge >= 0.3 is 0 Å². The van der Waals surface area contributed by atoms with Crippen molar-refractivity contribution in [2.75, 3.05) is 17.2 Å². The zero-order valence-corrected chi connectivity index (χ0v) is 19.6. The zero-order valence-electron chi connectivity index (χ0n) is 18.0. The molecule has 1 aliphatic heterocycles. The Labute approximate surface area is 201 Å². The van der Waals surface area contributed by atoms with Crippen LogP contribution in [0.2, 0.25) is 0 Å². The number of hydrogen-bond acceptors (Lipinski definition) is 8. The fourth-order valence-electron chi connectivity index (χ4n) is 3.22. The van der Waals surface area contributed by atoms with Crippen molar-refractivity contribution in [1.29, 1.82) is 0 Å². The Balaban J connectivity index is 1.47. The number of imide groups is 1. The number of amides is 4. The highest BCUT2D eigenvalue weighted by Crippen LogP contribution is 2.30. The van der Waals surface area contributed by atoms with Gasteiger partial charge in [-0.1, -0.05) is 18.2 Å². The van der Waals surface area contributed by atoms with Crippen molar-refractivity contribution < 1.29 is 19.2 Å². The van der Waals surface area contributed by atoms with Crippen LogP contribution >= 0.6 is 23.1 Å². The molecule has 4 amide bonds. The molecule has 2 N–H and O–H groups in total. The van der Waals surface area contributed by atoms with E-state index in [1.165, 1.54) is 22.2 Å². The van der Waals surface area contributed by atoms with Gasteiger partial charge in [0, 0.05) is 24.7 Å². The van der Waals surface area contributed by atoms with Gasteiger partial charge in [0.1, 0.15) is 12.2 Å². The first kappa shape index (κ1) is 23.2. The van der Waals surface area contributed by atoms with Crippen LogP contribution in [0.3, 0.4) is 0 Å². The third-order valence-electron chi connectivity index (χ3n) is 4.92. The monoisotopic (exact) mass is 498 g/mol. The first-order chi connectivity index (χ1) is 16.3. The summed E-state index contributed by atoms with van der Waals surface area (Å²) in [5.74, 6) is -2.11. The third-order valence-corrected chi connectivity index (χ3v) is 6.51. The molecule has 0 spiro atoms. The molecule has 0 bridgehead atoms. The summed E-state index contributed by atoms with van der Waals surface area (Å²) in [6, 6.07) is 8.90. The minimum absolute atomic E-state index is 0.0432. The minimum atomic E-state index is -0.772. The van der Waals surface area contributed by atoms with Gasteiger partial charge in [-0.15, -0.1) is 11.3 Å². The predicted molar refractivity (Wildman–Crippen MR) is 128 cm³/mol. The molecule has 0 saturated carbocycles. The van der Waals surface area contributed by atoms with Crippen LogP contribution in [0.1, 0.15) is 5.69 Å². The summed E-state index contributed by atoms with van der Waals surface area (Å²) in [4.78, 5) is 67.0. The molecule has 2 aromatic heterocycles. The van der Waals surface area contributed by atoms with Gasteiger partial charge < -0.3 is 5.32 Å². The van der Waals surface area contributed by atoms with Crippen molar-refractivity contribution in [3.8, 4) is 5.69 Å². The number of thioether (sulfide) groups is 1. The average Bonchev–Trinajstić information content (AvgIpc) is 3.46. The van der Waals surface area contributed by atoms with Crippen LogP contribution in [0.25, 0.3) is 5.69 Å². The molecule has 0 unspecified atom stereocenters. The standard InChI is InChI=1S/C21H18N6O5S2/c1-12-17(19(31)27(25(12)2)13-6-4-3-5-7-13)23-16(29)11-26-18(30)14(34-21(26)32)10-15(28)24-20-22-8-9-33-20/h3-10H,11H2,1-2H3,(H,23,29)(H,22,24,28)/b14-10-. The molecule has 1 fully saturated rings. The molecule has 4 rings (SSSR count). The van der Waals surface area contributed by atoms with E-state index in [9.17, 15) is 24.0 Å². The number of hydrogen-bond donors (Lipinski definition) is 2. The number of thiazole rings is 1. The van der Waals surface area contributed by atoms with E-state index in [4.69, 9.17) is 0 Å². The third kappa shape index (κ3) is 4.56. The van der Waals surface area contributed by atoms with Gasteiger partial charge in [-0.05, 0) is 30.8 Å². The van der Waals surface area contributed by atoms with Crippen molar-refractivity contribution in [1.82, 2.24) is 19.2 Å². The highest BCUT2D eigenvalue weighted by Gasteiger charge is 2.37. The number of rotatable bonds is 6. The first-order valence-electron chi connectivity index (χ1n) is 9.86. The van der Waals surface area contributed by atoms with Crippen molar-refractivity contribution in [2.45, 2.75) is 6.92 Å². The molecule has 1 saturated heterocycles. The number of nitrogens with zero attached hydrogens (tertiary/aromatic N) is 4. The van der Waals surface area contributed by atoms with Crippen LogP contribution in [-0.4, -0.2) is 48.8 Å². The number of carbonyl (C=O) groups excluding carboxylic acids is 4. The van der Waals surface area contributed by atoms with Crippen LogP contribution in [-0.2, 0) is 21.4 Å². The number of benzene rings is 1. The molecule has 0 aliphatic carbocycles. The Morgan fingerprint density at radius 1 is 1.12 bits per heavy atom. The molecule has 3 aromatic rings. The Kier molecular flexibility index (Phi) is 6.47. The van der Waals surface area contributed by atoms with E-state index in [1.807, 2.05) is 6.07 Å². The van der Waals surface area contributed by atoms with E-state index in [-0.39, 0.29) is 10.6 Å². The van der Waals surface area contributed by atoms with E-state index in [0.717, 1.165) is 11.0 Å². The maximum absolute atomic E-state index is 12.9. The summed E-state index contributed by atoms with van der Waals surface area (Å²) in [5.41, 5.74) is 0.704. The lowest BCUT2D eigenvalue weighted by Gasteiger charge is -2.11. The largest absolute Gasteiger partial charge is 0.318 e. The van der Waals surface area contributed by atoms with Crippen molar-refractivity contribution in [3.63, 3.8) is 0 Å². The van der Waals surface area contributed by atoms with E-state index < -0.39 is 35.1 Å². The molecule has 34 heavy (non-hydrogen) atoms. The van der Waals surface area contributed by atoms with Crippen LogP contribution in [0.15, 0.2) is 57.7 Å². The summed E-state index contributed by atoms with van der Waals surface area (Å²) in [6.45, 7) is 1.07. The van der Waals surface area contributed by atoms with Gasteiger partial charge in [0.25, 0.3) is 22.6 Å². The highest BCUT2D eigenvalue weighted by molar-refractivity contribution is 8.18. The topological polar surface area (TPSA) is 135 Å². The van der Waals surface area contributed by atoms with Crippen LogP contribution in [0, 0.1) is 6.92 Å². The second-order valence-corrected chi connectivity index (χ2v) is 8.97. The summed E-state index contributed by atoms with van der Waals surface area (Å²) in [6.07, 6.45) is 2.50. The average molecular weight is 499 g/mol. The second-order valence-electron chi connectivity index (χ2n) is 7.08. The molecule has 1 aromatic carbocycles. The molecule has 0 atom stereocenters. The molecule has 13 heteroatoms. The van der Waals surface area contributed by atoms with Gasteiger partial charge in [-0.3, -0.25) is 38.9 Å². The number of nitrogens with one attached hydrogen (secondary N) is 2. The lowest BCUT2D eigenvalue weighted by Crippen LogP contribution is -2.37. The van der Waals surface area contributed by atoms with Crippen molar-refractivity contribution >= 4 is 56.9 Å². The van der Waals surface area contributed by atoms with Gasteiger partial charge in [-0.25, -0.2) is 9.67 Å². The van der Waals surface area contributed by atoms with Crippen molar-refractivity contribution in [3.05, 3.63) is 68.9 Å². The molecule has 1 aliphatic rings. The Hall–Kier alpha value is -3.97. The minimum Gasteiger partial charge on any atom is -0.318 e. The summed E-state index contributed by atoms with van der Waals surface area (Å²) in [5, 5.41) is 6.32. The lowest BCUT2D eigenvalue weighted by molar-refractivity contribution is -0.127. The van der Waals surface area contributed by atoms with Crippen molar-refractivity contribution in [2.24, 2.45) is 7.05 Å². The molecular formula is C21H18N6O5S2. The molecular weight excluding hydrogens is 480 g/mol. The van der Waals surface area contributed by atoms with Crippen LogP contribution < -0.4 is 16.2 Å². The number of aromatic nitrogens is 3. The number of anilines is 2. The summed E-state index contributed by atoms with van der Waals surface area (Å²) >= 11 is 1.75. The van der Waals surface area contributed by atoms with E-state index >= 15 is 0 Å². The SMILES string of the molecule is Cc1c(NC(=O)CN2C(=O)S/C(=C\C(=O)Nc3nccs3)C2=O)c(=O)n(-c2ccccc2)n1C. The van der Waals surface area contributed by atoms with Gasteiger partial charge in [0.15, 0.2) is 5.13 Å². The van der Waals surface area contributed by atoms with Gasteiger partial charge in [-0.2, -0.15) is 0 Å². The first-order valence-corrected chi connectivity index (χ1v) is 11.6. The van der Waals surface area contributed by atoms with Crippen LogP contribution in [0.4, 0.5) is 15.6 Å². The van der Waals surface area contributed by atoms with Gasteiger partial charge in [0.05, 0.1) is 16.3 Å². The summed E-state index contributed by atoms with van der Waals surface area (Å²) in [7, 11) is 1.68. The smallest absolute Gasteiger partial charge is 0.295 e. The summed E-state index contributed by atoms with van der Waals surface area (Å²) < 4.78 is 2.99. The highest BCUT2D eigenvalue weighted by atomic mass is 32.2. The van der Waals surface area contributed by atoms with Gasteiger partial charge in [0.2, 0.25) is 5.91 Å². The molecule has 0 radical (unpaired) electrons. The Bertz CT molecular complexity index is 1370. The van der Waals surface area contributed by atoms with E-state index in [1.54, 1.807) is 48.3 Å². The lowest BCUT2D eigenvalue weighted by atomic mass is 10.3. The fraction of sp³-hybridized carbons (Fsp3) is 0.143. The van der Waals surface area contributed by atoms with Crippen LogP contribution in [0.5, 0.6) is 0 Å². The quantitative estimate of drug-likeness (QED) is 0.497. The Morgan fingerprint density at radius 3 is 2.53 bits per heavy atom.